The molecule has 21 heavy (non-hydrogen) atoms. The molecule has 1 aromatic heterocycles. The van der Waals surface area contributed by atoms with E-state index in [4.69, 9.17) is 11.6 Å². The molecule has 3 rings (SSSR count). The molecule has 0 saturated carbocycles. The summed E-state index contributed by atoms with van der Waals surface area (Å²) in [4.78, 5) is 4.03. The molecule has 2 heterocycles. The van der Waals surface area contributed by atoms with Crippen LogP contribution in [0, 0.1) is 0 Å². The fourth-order valence-electron chi connectivity index (χ4n) is 3.08. The first kappa shape index (κ1) is 14.9. The van der Waals surface area contributed by atoms with Crippen LogP contribution in [0.5, 0.6) is 0 Å². The van der Waals surface area contributed by atoms with Gasteiger partial charge in [0.15, 0.2) is 0 Å². The van der Waals surface area contributed by atoms with E-state index < -0.39 is 0 Å². The molecule has 0 radical (unpaired) electrons. The summed E-state index contributed by atoms with van der Waals surface area (Å²) in [5.41, 5.74) is 3.96. The van der Waals surface area contributed by atoms with E-state index >= 15 is 0 Å². The summed E-state index contributed by atoms with van der Waals surface area (Å²) in [6.45, 7) is 7.26. The zero-order chi connectivity index (χ0) is 14.8. The largest absolute Gasteiger partial charge is 0.364 e. The van der Waals surface area contributed by atoms with E-state index in [0.717, 1.165) is 31.1 Å². The van der Waals surface area contributed by atoms with Gasteiger partial charge in [0, 0.05) is 34.2 Å². The topological polar surface area (TPSA) is 15.3 Å². The van der Waals surface area contributed by atoms with Crippen LogP contribution >= 0.6 is 22.9 Å². The highest BCUT2D eigenvalue weighted by molar-refractivity contribution is 7.10. The Bertz CT molecular complexity index is 623. The van der Waals surface area contributed by atoms with Gasteiger partial charge in [0.2, 0.25) is 0 Å². The first-order valence-corrected chi connectivity index (χ1v) is 8.79. The fraction of sp³-hybridized carbons (Fsp3) is 0.412. The second-order valence-corrected chi connectivity index (χ2v) is 6.84. The van der Waals surface area contributed by atoms with Crippen molar-refractivity contribution in [3.05, 3.63) is 50.7 Å². The van der Waals surface area contributed by atoms with Gasteiger partial charge in [0.1, 0.15) is 0 Å². The minimum absolute atomic E-state index is 0.416. The number of halogens is 1. The van der Waals surface area contributed by atoms with Crippen molar-refractivity contribution in [2.24, 2.45) is 0 Å². The van der Waals surface area contributed by atoms with Crippen LogP contribution in [0.1, 0.15) is 35.9 Å². The molecule has 1 unspecified atom stereocenters. The van der Waals surface area contributed by atoms with E-state index in [-0.39, 0.29) is 0 Å². The molecule has 0 saturated heterocycles. The summed E-state index contributed by atoms with van der Waals surface area (Å²) < 4.78 is 0. The van der Waals surface area contributed by atoms with Gasteiger partial charge in [-0.15, -0.1) is 11.3 Å². The molecular formula is C17H21ClN2S. The van der Waals surface area contributed by atoms with Crippen molar-refractivity contribution >= 4 is 28.6 Å². The highest BCUT2D eigenvalue weighted by Gasteiger charge is 2.26. The predicted molar refractivity (Wildman–Crippen MR) is 92.6 cm³/mol. The van der Waals surface area contributed by atoms with Crippen molar-refractivity contribution < 1.29 is 0 Å². The third-order valence-corrected chi connectivity index (χ3v) is 5.58. The van der Waals surface area contributed by atoms with Gasteiger partial charge in [-0.05, 0) is 49.0 Å². The van der Waals surface area contributed by atoms with Gasteiger partial charge < -0.3 is 10.2 Å². The number of fused-ring (bicyclic) bond motifs is 1. The van der Waals surface area contributed by atoms with E-state index in [9.17, 15) is 0 Å². The third kappa shape index (κ3) is 2.83. The van der Waals surface area contributed by atoms with Crippen LogP contribution in [-0.4, -0.2) is 13.1 Å². The number of nitrogens with one attached hydrogen (secondary N) is 1. The SMILES string of the molecule is CCNCc1c(Cl)cccc1N1CCc2sccc2C1C. The Kier molecular flexibility index (Phi) is 4.53. The van der Waals surface area contributed by atoms with Gasteiger partial charge in [-0.1, -0.05) is 24.6 Å². The van der Waals surface area contributed by atoms with E-state index in [0.29, 0.717) is 6.04 Å². The molecule has 0 bridgehead atoms. The minimum atomic E-state index is 0.416. The lowest BCUT2D eigenvalue weighted by atomic mass is 9.99. The summed E-state index contributed by atoms with van der Waals surface area (Å²) in [7, 11) is 0. The van der Waals surface area contributed by atoms with Crippen molar-refractivity contribution in [1.82, 2.24) is 5.32 Å². The zero-order valence-corrected chi connectivity index (χ0v) is 14.1. The fourth-order valence-corrected chi connectivity index (χ4v) is 4.28. The second-order valence-electron chi connectivity index (χ2n) is 5.44. The number of anilines is 1. The maximum Gasteiger partial charge on any atom is 0.0525 e. The first-order chi connectivity index (χ1) is 10.2. The first-order valence-electron chi connectivity index (χ1n) is 7.53. The lowest BCUT2D eigenvalue weighted by molar-refractivity contribution is 0.625. The van der Waals surface area contributed by atoms with Gasteiger partial charge in [-0.2, -0.15) is 0 Å². The van der Waals surface area contributed by atoms with Gasteiger partial charge in [0.05, 0.1) is 6.04 Å². The summed E-state index contributed by atoms with van der Waals surface area (Å²) in [6, 6.07) is 8.93. The Morgan fingerprint density at radius 3 is 3.05 bits per heavy atom. The Hall–Kier alpha value is -1.03. The van der Waals surface area contributed by atoms with Crippen molar-refractivity contribution in [3.8, 4) is 0 Å². The normalized spacial score (nSPS) is 17.9. The molecule has 112 valence electrons. The maximum absolute atomic E-state index is 6.45. The number of thiophene rings is 1. The Morgan fingerprint density at radius 2 is 2.24 bits per heavy atom. The van der Waals surface area contributed by atoms with E-state index in [1.165, 1.54) is 21.7 Å². The summed E-state index contributed by atoms with van der Waals surface area (Å²) in [5.74, 6) is 0. The number of hydrogen-bond acceptors (Lipinski definition) is 3. The molecule has 2 nitrogen and oxygen atoms in total. The summed E-state index contributed by atoms with van der Waals surface area (Å²) in [6.07, 6.45) is 1.13. The average Bonchev–Trinajstić information content (AvgIpc) is 2.96. The number of rotatable bonds is 4. The lowest BCUT2D eigenvalue weighted by Crippen LogP contribution is -2.34. The van der Waals surface area contributed by atoms with Crippen LogP contribution in [0.15, 0.2) is 29.6 Å². The van der Waals surface area contributed by atoms with Gasteiger partial charge >= 0.3 is 0 Å². The number of benzene rings is 1. The molecule has 0 amide bonds. The maximum atomic E-state index is 6.45. The summed E-state index contributed by atoms with van der Waals surface area (Å²) >= 11 is 8.33. The standard InChI is InChI=1S/C17H21ClN2S/c1-3-19-11-14-15(18)5-4-6-16(14)20-9-7-17-13(12(20)2)8-10-21-17/h4-6,8,10,12,19H,3,7,9,11H2,1-2H3. The van der Waals surface area contributed by atoms with Crippen molar-refractivity contribution in [2.45, 2.75) is 32.9 Å². The molecule has 4 heteroatoms. The highest BCUT2D eigenvalue weighted by atomic mass is 35.5. The number of hydrogen-bond donors (Lipinski definition) is 1. The zero-order valence-electron chi connectivity index (χ0n) is 12.5. The van der Waals surface area contributed by atoms with Crippen LogP contribution in [0.4, 0.5) is 5.69 Å². The Balaban J connectivity index is 1.96. The van der Waals surface area contributed by atoms with E-state index in [1.807, 2.05) is 17.4 Å². The Morgan fingerprint density at radius 1 is 1.38 bits per heavy atom. The monoisotopic (exact) mass is 320 g/mol. The summed E-state index contributed by atoms with van der Waals surface area (Å²) in [5, 5.41) is 6.47. The lowest BCUT2D eigenvalue weighted by Gasteiger charge is -2.37. The van der Waals surface area contributed by atoms with E-state index in [2.05, 4.69) is 47.6 Å². The van der Waals surface area contributed by atoms with Crippen molar-refractivity contribution in [3.63, 3.8) is 0 Å². The smallest absolute Gasteiger partial charge is 0.0525 e. The molecular weight excluding hydrogens is 300 g/mol. The second kappa shape index (κ2) is 6.39. The molecule has 0 aliphatic carbocycles. The molecule has 1 N–H and O–H groups in total. The van der Waals surface area contributed by atoms with Crippen LogP contribution in [0.2, 0.25) is 5.02 Å². The minimum Gasteiger partial charge on any atom is -0.364 e. The molecule has 1 aromatic carbocycles. The molecule has 1 aliphatic rings. The van der Waals surface area contributed by atoms with Gasteiger partial charge in [-0.3, -0.25) is 0 Å². The van der Waals surface area contributed by atoms with Crippen LogP contribution in [-0.2, 0) is 13.0 Å². The highest BCUT2D eigenvalue weighted by Crippen LogP contribution is 2.38. The average molecular weight is 321 g/mol. The van der Waals surface area contributed by atoms with Crippen LogP contribution in [0.25, 0.3) is 0 Å². The molecule has 0 spiro atoms. The van der Waals surface area contributed by atoms with Crippen LogP contribution < -0.4 is 10.2 Å². The molecule has 1 atom stereocenters. The molecule has 1 aliphatic heterocycles. The quantitative estimate of drug-likeness (QED) is 0.883. The van der Waals surface area contributed by atoms with Crippen molar-refractivity contribution in [2.75, 3.05) is 18.0 Å². The van der Waals surface area contributed by atoms with Gasteiger partial charge in [-0.25, -0.2) is 0 Å². The molecule has 0 fully saturated rings. The molecule has 2 aromatic rings. The van der Waals surface area contributed by atoms with E-state index in [1.54, 1.807) is 0 Å². The van der Waals surface area contributed by atoms with Crippen molar-refractivity contribution in [1.29, 1.82) is 0 Å². The van der Waals surface area contributed by atoms with Gasteiger partial charge in [0.25, 0.3) is 0 Å². The third-order valence-electron chi connectivity index (χ3n) is 4.23. The number of nitrogens with zero attached hydrogens (tertiary/aromatic N) is 1. The van der Waals surface area contributed by atoms with Crippen LogP contribution in [0.3, 0.4) is 0 Å². The Labute approximate surface area is 135 Å². The predicted octanol–water partition coefficient (Wildman–Crippen LogP) is 4.63.